The third-order valence-electron chi connectivity index (χ3n) is 5.08. The van der Waals surface area contributed by atoms with Crippen LogP contribution in [-0.4, -0.2) is 34.8 Å². The number of nitrogens with one attached hydrogen (secondary N) is 1. The lowest BCUT2D eigenvalue weighted by atomic mass is 9.97. The van der Waals surface area contributed by atoms with Crippen molar-refractivity contribution in [2.75, 3.05) is 6.54 Å². The molecule has 0 fully saturated rings. The smallest absolute Gasteiger partial charge is 0.255 e. The van der Waals surface area contributed by atoms with Crippen molar-refractivity contribution < 1.29 is 13.6 Å². The lowest BCUT2D eigenvalue weighted by Gasteiger charge is -2.30. The normalized spacial score (nSPS) is 18.2. The average molecular weight is 382 g/mol. The van der Waals surface area contributed by atoms with E-state index in [-0.39, 0.29) is 18.4 Å². The summed E-state index contributed by atoms with van der Waals surface area (Å²) in [4.78, 5) is 18.5. The van der Waals surface area contributed by atoms with Gasteiger partial charge in [-0.3, -0.25) is 4.79 Å². The van der Waals surface area contributed by atoms with Crippen LogP contribution in [0.5, 0.6) is 0 Å². The lowest BCUT2D eigenvalue weighted by Crippen LogP contribution is -2.40. The van der Waals surface area contributed by atoms with Crippen LogP contribution >= 0.6 is 11.6 Å². The Hall–Kier alpha value is -1.95. The summed E-state index contributed by atoms with van der Waals surface area (Å²) in [6.45, 7) is 5.03. The van der Waals surface area contributed by atoms with Gasteiger partial charge in [0.15, 0.2) is 0 Å². The fourth-order valence-corrected chi connectivity index (χ4v) is 3.67. The Bertz CT molecular complexity index is 776. The van der Waals surface area contributed by atoms with E-state index >= 15 is 0 Å². The fraction of sp³-hybridized carbons (Fsp3) is 0.474. The molecule has 0 aliphatic carbocycles. The number of fused-ring (bicyclic) bond motifs is 1. The summed E-state index contributed by atoms with van der Waals surface area (Å²) >= 11 is 6.12. The van der Waals surface area contributed by atoms with Crippen molar-refractivity contribution >= 4 is 17.5 Å². The molecule has 1 aromatic rings. The summed E-state index contributed by atoms with van der Waals surface area (Å²) in [6.07, 6.45) is 2.39. The molecule has 1 aromatic heterocycles. The van der Waals surface area contributed by atoms with Crippen LogP contribution in [0.1, 0.15) is 49.0 Å². The van der Waals surface area contributed by atoms with Gasteiger partial charge in [0.1, 0.15) is 5.15 Å². The molecule has 3 rings (SSSR count). The number of allylic oxidation sites excluding steroid dienone is 2. The number of carbonyl (C=O) groups excluding carboxylic acids is 1. The first-order valence-electron chi connectivity index (χ1n) is 8.75. The van der Waals surface area contributed by atoms with Crippen LogP contribution in [-0.2, 0) is 6.54 Å². The van der Waals surface area contributed by atoms with Crippen LogP contribution < -0.4 is 5.32 Å². The minimum atomic E-state index is -2.25. The molecule has 0 spiro atoms. The van der Waals surface area contributed by atoms with Gasteiger partial charge in [0, 0.05) is 36.0 Å². The van der Waals surface area contributed by atoms with Crippen molar-refractivity contribution in [3.63, 3.8) is 0 Å². The molecular weight excluding hydrogens is 360 g/mol. The third kappa shape index (κ3) is 3.75. The van der Waals surface area contributed by atoms with Crippen LogP contribution in [0.15, 0.2) is 35.2 Å². The second kappa shape index (κ2) is 7.74. The maximum Gasteiger partial charge on any atom is 0.255 e. The number of hydrogen-bond donors (Lipinski definition) is 1. The molecule has 4 nitrogen and oxygen atoms in total. The summed E-state index contributed by atoms with van der Waals surface area (Å²) in [6, 6.07) is 1.56. The molecular formula is C19H22ClF2N3O. The highest BCUT2D eigenvalue weighted by Gasteiger charge is 2.34. The van der Waals surface area contributed by atoms with Crippen molar-refractivity contribution in [2.45, 2.75) is 52.1 Å². The molecule has 2 aliphatic heterocycles. The van der Waals surface area contributed by atoms with E-state index in [1.54, 1.807) is 17.2 Å². The number of carbonyl (C=O) groups is 1. The molecule has 2 aliphatic rings. The molecule has 1 unspecified atom stereocenters. The minimum Gasteiger partial charge on any atom is -0.383 e. The van der Waals surface area contributed by atoms with E-state index in [1.165, 1.54) is 0 Å². The first-order chi connectivity index (χ1) is 12.4. The Morgan fingerprint density at radius 3 is 2.85 bits per heavy atom. The maximum absolute atomic E-state index is 12.7. The van der Waals surface area contributed by atoms with Gasteiger partial charge >= 0.3 is 0 Å². The van der Waals surface area contributed by atoms with Gasteiger partial charge in [0.05, 0.1) is 12.6 Å². The number of pyridine rings is 1. The van der Waals surface area contributed by atoms with Crippen LogP contribution in [0.2, 0.25) is 5.15 Å². The van der Waals surface area contributed by atoms with Crippen molar-refractivity contribution in [3.05, 3.63) is 51.5 Å². The van der Waals surface area contributed by atoms with Gasteiger partial charge in [-0.25, -0.2) is 13.8 Å². The van der Waals surface area contributed by atoms with E-state index in [9.17, 15) is 13.6 Å². The van der Waals surface area contributed by atoms with E-state index in [4.69, 9.17) is 11.6 Å². The summed E-state index contributed by atoms with van der Waals surface area (Å²) < 4.78 is 24.6. The largest absolute Gasteiger partial charge is 0.383 e. The summed E-state index contributed by atoms with van der Waals surface area (Å²) in [7, 11) is 0. The third-order valence-corrected chi connectivity index (χ3v) is 5.40. The van der Waals surface area contributed by atoms with Gasteiger partial charge in [0.25, 0.3) is 5.91 Å². The number of nitrogens with zero attached hydrogens (tertiary/aromatic N) is 2. The molecule has 7 heteroatoms. The van der Waals surface area contributed by atoms with E-state index in [0.29, 0.717) is 36.6 Å². The molecule has 0 saturated carbocycles. The number of aromatic nitrogens is 1. The Balaban J connectivity index is 1.71. The maximum atomic E-state index is 12.7. The topological polar surface area (TPSA) is 45.2 Å². The quantitative estimate of drug-likeness (QED) is 0.746. The number of dihydropyridines is 1. The molecule has 0 radical (unpaired) electrons. The first kappa shape index (κ1) is 18.8. The van der Waals surface area contributed by atoms with Crippen LogP contribution in [0.3, 0.4) is 0 Å². The summed E-state index contributed by atoms with van der Waals surface area (Å²) in [5, 5.41) is 3.72. The zero-order chi connectivity index (χ0) is 18.8. The fourth-order valence-electron chi connectivity index (χ4n) is 3.45. The van der Waals surface area contributed by atoms with Gasteiger partial charge in [0.2, 0.25) is 6.43 Å². The highest BCUT2D eigenvalue weighted by Crippen LogP contribution is 2.31. The number of hydrogen-bond acceptors (Lipinski definition) is 3. The number of halogens is 3. The van der Waals surface area contributed by atoms with Gasteiger partial charge in [-0.1, -0.05) is 11.6 Å². The number of alkyl halides is 2. The van der Waals surface area contributed by atoms with Crippen LogP contribution in [0.4, 0.5) is 8.78 Å². The minimum absolute atomic E-state index is 0.0520. The second-order valence-electron chi connectivity index (χ2n) is 6.76. The van der Waals surface area contributed by atoms with Gasteiger partial charge < -0.3 is 10.2 Å². The first-order valence-corrected chi connectivity index (χ1v) is 9.13. The van der Waals surface area contributed by atoms with E-state index in [0.717, 1.165) is 22.4 Å². The Morgan fingerprint density at radius 1 is 1.42 bits per heavy atom. The Morgan fingerprint density at radius 2 is 2.19 bits per heavy atom. The highest BCUT2D eigenvalue weighted by molar-refractivity contribution is 6.30. The predicted octanol–water partition coefficient (Wildman–Crippen LogP) is 4.32. The zero-order valence-corrected chi connectivity index (χ0v) is 15.6. The number of amides is 1. The van der Waals surface area contributed by atoms with Crippen molar-refractivity contribution in [1.82, 2.24) is 15.2 Å². The Kier molecular flexibility index (Phi) is 5.61. The van der Waals surface area contributed by atoms with E-state index < -0.39 is 6.43 Å². The molecule has 1 atom stereocenters. The van der Waals surface area contributed by atoms with Crippen molar-refractivity contribution in [2.24, 2.45) is 0 Å². The van der Waals surface area contributed by atoms with Crippen LogP contribution in [0.25, 0.3) is 0 Å². The summed E-state index contributed by atoms with van der Waals surface area (Å²) in [5.41, 5.74) is 4.55. The number of rotatable bonds is 6. The average Bonchev–Trinajstić information content (AvgIpc) is 2.94. The summed E-state index contributed by atoms with van der Waals surface area (Å²) in [5.74, 6) is -0.0520. The highest BCUT2D eigenvalue weighted by atomic mass is 35.5. The molecule has 0 saturated heterocycles. The predicted molar refractivity (Wildman–Crippen MR) is 97.2 cm³/mol. The Labute approximate surface area is 156 Å². The van der Waals surface area contributed by atoms with Crippen molar-refractivity contribution in [1.29, 1.82) is 0 Å². The monoisotopic (exact) mass is 381 g/mol. The van der Waals surface area contributed by atoms with Gasteiger partial charge in [-0.15, -0.1) is 0 Å². The van der Waals surface area contributed by atoms with Gasteiger partial charge in [-0.2, -0.15) is 0 Å². The molecule has 1 amide bonds. The SMILES string of the molecule is CC1=C(CCCC(F)F)CNC(C(C)N2Cc3c(ccnc3Cl)C2=O)=C1. The lowest BCUT2D eigenvalue weighted by molar-refractivity contribution is 0.0736. The van der Waals surface area contributed by atoms with Crippen LogP contribution in [0, 0.1) is 0 Å². The molecule has 0 bridgehead atoms. The van der Waals surface area contributed by atoms with E-state index in [1.807, 2.05) is 19.9 Å². The van der Waals surface area contributed by atoms with E-state index in [2.05, 4.69) is 10.3 Å². The molecule has 140 valence electrons. The molecule has 3 heterocycles. The standard InChI is InChI=1S/C19H22ClF2N3O/c1-11-8-16(24-9-13(11)4-3-5-17(21)22)12(2)25-10-15-14(19(25)26)6-7-23-18(15)20/h6-8,12,17,24H,3-5,9-10H2,1-2H3. The molecule has 1 N–H and O–H groups in total. The molecule has 0 aromatic carbocycles. The second-order valence-corrected chi connectivity index (χ2v) is 7.12. The zero-order valence-electron chi connectivity index (χ0n) is 14.9. The van der Waals surface area contributed by atoms with Gasteiger partial charge in [-0.05, 0) is 50.0 Å². The molecule has 26 heavy (non-hydrogen) atoms. The van der Waals surface area contributed by atoms with Crippen molar-refractivity contribution in [3.8, 4) is 0 Å².